The molecule has 98 valence electrons. The van der Waals surface area contributed by atoms with E-state index in [9.17, 15) is 0 Å². The van der Waals surface area contributed by atoms with Gasteiger partial charge in [0.05, 0.1) is 11.0 Å². The maximum atomic E-state index is 6.01. The largest absolute Gasteiger partial charge is 0.328 e. The Morgan fingerprint density at radius 2 is 2.11 bits per heavy atom. The Morgan fingerprint density at radius 3 is 2.83 bits per heavy atom. The van der Waals surface area contributed by atoms with Gasteiger partial charge in [0.2, 0.25) is 0 Å². The average molecular weight is 266 g/mol. The second-order valence-corrected chi connectivity index (χ2v) is 4.84. The fraction of sp³-hybridized carbons (Fsp3) is 0.500. The lowest BCUT2D eigenvalue weighted by atomic mass is 10.3. The predicted molar refractivity (Wildman–Crippen MR) is 77.3 cm³/mol. The first-order valence-electron chi connectivity index (χ1n) is 6.61. The lowest BCUT2D eigenvalue weighted by Gasteiger charge is -2.06. The number of rotatable bonds is 6. The number of nitrogens with zero attached hydrogens (tertiary/aromatic N) is 2. The smallest absolute Gasteiger partial charge is 0.111 e. The van der Waals surface area contributed by atoms with Gasteiger partial charge in [-0.25, -0.2) is 4.98 Å². The van der Waals surface area contributed by atoms with Gasteiger partial charge >= 0.3 is 0 Å². The summed E-state index contributed by atoms with van der Waals surface area (Å²) in [6.45, 7) is 7.32. The Balaban J connectivity index is 2.21. The topological polar surface area (TPSA) is 29.9 Å². The monoisotopic (exact) mass is 265 g/mol. The second-order valence-electron chi connectivity index (χ2n) is 4.41. The van der Waals surface area contributed by atoms with Gasteiger partial charge in [-0.1, -0.05) is 18.5 Å². The highest BCUT2D eigenvalue weighted by molar-refractivity contribution is 6.31. The summed E-state index contributed by atoms with van der Waals surface area (Å²) < 4.78 is 2.26. The minimum atomic E-state index is 0.749. The van der Waals surface area contributed by atoms with Crippen LogP contribution in [0.3, 0.4) is 0 Å². The van der Waals surface area contributed by atoms with Crippen molar-refractivity contribution in [2.75, 3.05) is 13.1 Å². The summed E-state index contributed by atoms with van der Waals surface area (Å²) in [6.07, 6.45) is 2.12. The van der Waals surface area contributed by atoms with Gasteiger partial charge < -0.3 is 9.88 Å². The third-order valence-electron chi connectivity index (χ3n) is 3.06. The van der Waals surface area contributed by atoms with Crippen molar-refractivity contribution in [3.8, 4) is 0 Å². The van der Waals surface area contributed by atoms with E-state index in [-0.39, 0.29) is 0 Å². The number of nitrogens with one attached hydrogen (secondary N) is 1. The number of aromatic nitrogens is 2. The van der Waals surface area contributed by atoms with Crippen molar-refractivity contribution in [2.24, 2.45) is 0 Å². The van der Waals surface area contributed by atoms with Crippen molar-refractivity contribution in [1.29, 1.82) is 0 Å². The Hall–Kier alpha value is -1.06. The molecule has 3 nitrogen and oxygen atoms in total. The maximum absolute atomic E-state index is 6.01. The van der Waals surface area contributed by atoms with E-state index in [1.165, 1.54) is 11.9 Å². The highest BCUT2D eigenvalue weighted by Crippen LogP contribution is 2.20. The first-order chi connectivity index (χ1) is 8.76. The first kappa shape index (κ1) is 13.4. The molecular weight excluding hydrogens is 246 g/mol. The number of hydrogen-bond acceptors (Lipinski definition) is 2. The Kier molecular flexibility index (Phi) is 4.61. The zero-order chi connectivity index (χ0) is 13.0. The summed E-state index contributed by atoms with van der Waals surface area (Å²) >= 11 is 6.01. The SMILES string of the molecule is CCCNCCc1nc2cc(Cl)ccc2n1CC. The molecule has 0 aliphatic rings. The van der Waals surface area contributed by atoms with Gasteiger partial charge in [-0.2, -0.15) is 0 Å². The minimum Gasteiger partial charge on any atom is -0.328 e. The van der Waals surface area contributed by atoms with Crippen LogP contribution in [-0.4, -0.2) is 22.6 Å². The van der Waals surface area contributed by atoms with Crippen LogP contribution >= 0.6 is 11.6 Å². The number of hydrogen-bond donors (Lipinski definition) is 1. The summed E-state index contributed by atoms with van der Waals surface area (Å²) in [6, 6.07) is 5.92. The number of aryl methyl sites for hydroxylation is 1. The van der Waals surface area contributed by atoms with Crippen molar-refractivity contribution in [2.45, 2.75) is 33.2 Å². The second kappa shape index (κ2) is 6.21. The minimum absolute atomic E-state index is 0.749. The van der Waals surface area contributed by atoms with E-state index in [4.69, 9.17) is 11.6 Å². The molecule has 1 N–H and O–H groups in total. The van der Waals surface area contributed by atoms with Crippen LogP contribution in [0.1, 0.15) is 26.1 Å². The van der Waals surface area contributed by atoms with Gasteiger partial charge in [-0.3, -0.25) is 0 Å². The van der Waals surface area contributed by atoms with Crippen molar-refractivity contribution in [3.63, 3.8) is 0 Å². The zero-order valence-electron chi connectivity index (χ0n) is 11.0. The molecule has 0 amide bonds. The average Bonchev–Trinajstić information content (AvgIpc) is 2.71. The summed E-state index contributed by atoms with van der Waals surface area (Å²) in [5.41, 5.74) is 2.17. The van der Waals surface area contributed by atoms with Crippen LogP contribution in [0, 0.1) is 0 Å². The lowest BCUT2D eigenvalue weighted by Crippen LogP contribution is -2.19. The van der Waals surface area contributed by atoms with Gasteiger partial charge in [0.25, 0.3) is 0 Å². The van der Waals surface area contributed by atoms with Gasteiger partial charge in [0, 0.05) is 24.5 Å². The molecule has 0 bridgehead atoms. The first-order valence-corrected chi connectivity index (χ1v) is 6.99. The molecule has 1 heterocycles. The van der Waals surface area contributed by atoms with E-state index in [0.29, 0.717) is 0 Å². The van der Waals surface area contributed by atoms with Gasteiger partial charge in [0.1, 0.15) is 5.82 Å². The molecule has 0 unspecified atom stereocenters. The molecule has 0 fully saturated rings. The zero-order valence-corrected chi connectivity index (χ0v) is 11.8. The number of fused-ring (bicyclic) bond motifs is 1. The van der Waals surface area contributed by atoms with Gasteiger partial charge in [-0.05, 0) is 38.1 Å². The van der Waals surface area contributed by atoms with Crippen LogP contribution in [-0.2, 0) is 13.0 Å². The van der Waals surface area contributed by atoms with E-state index in [2.05, 4.69) is 34.8 Å². The van der Waals surface area contributed by atoms with Gasteiger partial charge in [0.15, 0.2) is 0 Å². The predicted octanol–water partition coefficient (Wildman–Crippen LogP) is 3.25. The molecule has 0 aliphatic heterocycles. The van der Waals surface area contributed by atoms with Crippen LogP contribution in [0.25, 0.3) is 11.0 Å². The molecule has 18 heavy (non-hydrogen) atoms. The number of imidazole rings is 1. The third-order valence-corrected chi connectivity index (χ3v) is 3.29. The Bertz CT molecular complexity index is 519. The van der Waals surface area contributed by atoms with Crippen LogP contribution in [0.15, 0.2) is 18.2 Å². The van der Waals surface area contributed by atoms with Gasteiger partial charge in [-0.15, -0.1) is 0 Å². The van der Waals surface area contributed by atoms with Crippen molar-refractivity contribution >= 4 is 22.6 Å². The third kappa shape index (κ3) is 2.85. The van der Waals surface area contributed by atoms with Crippen molar-refractivity contribution in [3.05, 3.63) is 29.0 Å². The molecule has 0 atom stereocenters. The van der Waals surface area contributed by atoms with Crippen molar-refractivity contribution < 1.29 is 0 Å². The molecule has 1 aromatic carbocycles. The van der Waals surface area contributed by atoms with Crippen LogP contribution in [0.4, 0.5) is 0 Å². The highest BCUT2D eigenvalue weighted by Gasteiger charge is 2.09. The number of benzene rings is 1. The fourth-order valence-corrected chi connectivity index (χ4v) is 2.36. The van der Waals surface area contributed by atoms with E-state index < -0.39 is 0 Å². The molecule has 0 saturated carbocycles. The molecule has 0 radical (unpaired) electrons. The molecular formula is C14H20ClN3. The summed E-state index contributed by atoms with van der Waals surface area (Å²) in [4.78, 5) is 4.68. The molecule has 0 aliphatic carbocycles. The van der Waals surface area contributed by atoms with E-state index in [1.807, 2.05) is 12.1 Å². The van der Waals surface area contributed by atoms with E-state index in [0.717, 1.165) is 42.4 Å². The fourth-order valence-electron chi connectivity index (χ4n) is 2.20. The molecule has 0 spiro atoms. The molecule has 2 rings (SSSR count). The van der Waals surface area contributed by atoms with Crippen LogP contribution in [0.5, 0.6) is 0 Å². The van der Waals surface area contributed by atoms with Crippen LogP contribution < -0.4 is 5.32 Å². The summed E-state index contributed by atoms with van der Waals surface area (Å²) in [5, 5.41) is 4.16. The highest BCUT2D eigenvalue weighted by atomic mass is 35.5. The van der Waals surface area contributed by atoms with E-state index in [1.54, 1.807) is 0 Å². The summed E-state index contributed by atoms with van der Waals surface area (Å²) in [7, 11) is 0. The Labute approximate surface area is 113 Å². The molecule has 0 saturated heterocycles. The molecule has 2 aromatic rings. The lowest BCUT2D eigenvalue weighted by molar-refractivity contribution is 0.633. The Morgan fingerprint density at radius 1 is 1.28 bits per heavy atom. The molecule has 4 heteroatoms. The van der Waals surface area contributed by atoms with E-state index >= 15 is 0 Å². The summed E-state index contributed by atoms with van der Waals surface area (Å²) in [5.74, 6) is 1.14. The van der Waals surface area contributed by atoms with Crippen molar-refractivity contribution in [1.82, 2.24) is 14.9 Å². The molecule has 1 aromatic heterocycles. The standard InChI is InChI=1S/C14H20ClN3/c1-3-8-16-9-7-14-17-12-10-11(15)5-6-13(12)18(14)4-2/h5-6,10,16H,3-4,7-9H2,1-2H3. The quantitative estimate of drug-likeness (QED) is 0.813. The van der Waals surface area contributed by atoms with Crippen LogP contribution in [0.2, 0.25) is 5.02 Å². The number of halogens is 1. The normalized spacial score (nSPS) is 11.3. The maximum Gasteiger partial charge on any atom is 0.111 e.